The van der Waals surface area contributed by atoms with Crippen molar-refractivity contribution in [1.29, 1.82) is 0 Å². The SMILES string of the molecule is O=C([O-])CCCC#Cc1ccc(OC2CCCCO2)cc1. The first-order valence-electron chi connectivity index (χ1n) is 7.31. The summed E-state index contributed by atoms with van der Waals surface area (Å²) in [7, 11) is 0. The molecular weight excluding hydrogens is 268 g/mol. The molecule has 4 nitrogen and oxygen atoms in total. The average molecular weight is 287 g/mol. The van der Waals surface area contributed by atoms with Crippen molar-refractivity contribution in [3.8, 4) is 17.6 Å². The van der Waals surface area contributed by atoms with Gasteiger partial charge >= 0.3 is 0 Å². The third-order valence-electron chi connectivity index (χ3n) is 3.18. The lowest BCUT2D eigenvalue weighted by Crippen LogP contribution is -2.24. The predicted octanol–water partition coefficient (Wildman–Crippen LogP) is 1.86. The summed E-state index contributed by atoms with van der Waals surface area (Å²) in [5.41, 5.74) is 0.889. The van der Waals surface area contributed by atoms with Crippen molar-refractivity contribution in [2.24, 2.45) is 0 Å². The lowest BCUT2D eigenvalue weighted by atomic mass is 10.2. The van der Waals surface area contributed by atoms with Crippen LogP contribution in [-0.2, 0) is 9.53 Å². The smallest absolute Gasteiger partial charge is 0.199 e. The molecule has 21 heavy (non-hydrogen) atoms. The molecule has 1 saturated heterocycles. The van der Waals surface area contributed by atoms with Crippen LogP contribution in [0.2, 0.25) is 0 Å². The monoisotopic (exact) mass is 287 g/mol. The molecule has 1 heterocycles. The quantitative estimate of drug-likeness (QED) is 0.612. The first kappa shape index (κ1) is 15.4. The zero-order chi connectivity index (χ0) is 14.9. The van der Waals surface area contributed by atoms with E-state index in [1.807, 2.05) is 24.3 Å². The summed E-state index contributed by atoms with van der Waals surface area (Å²) in [5, 5.41) is 10.3. The van der Waals surface area contributed by atoms with Gasteiger partial charge in [-0.05, 0) is 49.9 Å². The Morgan fingerprint density at radius 1 is 1.33 bits per heavy atom. The van der Waals surface area contributed by atoms with Crippen LogP contribution < -0.4 is 9.84 Å². The number of unbranched alkanes of at least 4 members (excludes halogenated alkanes) is 1. The lowest BCUT2D eigenvalue weighted by molar-refractivity contribution is -0.305. The van der Waals surface area contributed by atoms with E-state index < -0.39 is 5.97 Å². The minimum absolute atomic E-state index is 0.0584. The van der Waals surface area contributed by atoms with Crippen molar-refractivity contribution < 1.29 is 19.4 Å². The van der Waals surface area contributed by atoms with Gasteiger partial charge in [-0.3, -0.25) is 0 Å². The van der Waals surface area contributed by atoms with E-state index in [0.29, 0.717) is 12.8 Å². The van der Waals surface area contributed by atoms with E-state index in [-0.39, 0.29) is 12.7 Å². The Morgan fingerprint density at radius 3 is 2.81 bits per heavy atom. The van der Waals surface area contributed by atoms with E-state index in [2.05, 4.69) is 11.8 Å². The van der Waals surface area contributed by atoms with Gasteiger partial charge in [-0.1, -0.05) is 11.8 Å². The topological polar surface area (TPSA) is 58.6 Å². The fourth-order valence-corrected chi connectivity index (χ4v) is 2.06. The van der Waals surface area contributed by atoms with Crippen LogP contribution in [0.5, 0.6) is 5.75 Å². The zero-order valence-corrected chi connectivity index (χ0v) is 12.0. The second-order valence-corrected chi connectivity index (χ2v) is 4.97. The molecule has 1 aromatic carbocycles. The van der Waals surface area contributed by atoms with Gasteiger partial charge in [0.25, 0.3) is 0 Å². The van der Waals surface area contributed by atoms with Gasteiger partial charge < -0.3 is 19.4 Å². The zero-order valence-electron chi connectivity index (χ0n) is 12.0. The number of carbonyl (C=O) groups is 1. The van der Waals surface area contributed by atoms with Crippen LogP contribution in [0.3, 0.4) is 0 Å². The van der Waals surface area contributed by atoms with E-state index in [0.717, 1.165) is 37.2 Å². The summed E-state index contributed by atoms with van der Waals surface area (Å²) in [4.78, 5) is 10.3. The minimum Gasteiger partial charge on any atom is -0.550 e. The van der Waals surface area contributed by atoms with Gasteiger partial charge in [-0.25, -0.2) is 0 Å². The highest BCUT2D eigenvalue weighted by molar-refractivity contribution is 5.64. The maximum Gasteiger partial charge on any atom is 0.199 e. The van der Waals surface area contributed by atoms with E-state index in [1.54, 1.807) is 0 Å². The third kappa shape index (κ3) is 5.88. The largest absolute Gasteiger partial charge is 0.550 e. The van der Waals surface area contributed by atoms with Crippen molar-refractivity contribution >= 4 is 5.97 Å². The van der Waals surface area contributed by atoms with Crippen molar-refractivity contribution in [2.75, 3.05) is 6.61 Å². The van der Waals surface area contributed by atoms with Gasteiger partial charge in [-0.15, -0.1) is 0 Å². The molecule has 2 rings (SSSR count). The number of benzene rings is 1. The fourth-order valence-electron chi connectivity index (χ4n) is 2.06. The van der Waals surface area contributed by atoms with Crippen molar-refractivity contribution in [3.05, 3.63) is 29.8 Å². The fraction of sp³-hybridized carbons (Fsp3) is 0.471. The molecule has 1 atom stereocenters. The molecule has 0 radical (unpaired) electrons. The molecular formula is C17H19O4-. The van der Waals surface area contributed by atoms with Gasteiger partial charge in [0.15, 0.2) is 6.29 Å². The molecule has 0 aliphatic carbocycles. The van der Waals surface area contributed by atoms with E-state index in [4.69, 9.17) is 9.47 Å². The maximum absolute atomic E-state index is 10.3. The van der Waals surface area contributed by atoms with Crippen molar-refractivity contribution in [1.82, 2.24) is 0 Å². The highest BCUT2D eigenvalue weighted by atomic mass is 16.7. The number of aliphatic carboxylic acids is 1. The summed E-state index contributed by atoms with van der Waals surface area (Å²) >= 11 is 0. The lowest BCUT2D eigenvalue weighted by Gasteiger charge is -2.23. The van der Waals surface area contributed by atoms with Crippen LogP contribution in [0.1, 0.15) is 44.1 Å². The van der Waals surface area contributed by atoms with E-state index >= 15 is 0 Å². The molecule has 0 aromatic heterocycles. The first-order chi connectivity index (χ1) is 10.2. The molecule has 1 fully saturated rings. The minimum atomic E-state index is -1.02. The van der Waals surface area contributed by atoms with Crippen LogP contribution in [0.15, 0.2) is 24.3 Å². The first-order valence-corrected chi connectivity index (χ1v) is 7.31. The molecule has 1 aliphatic heterocycles. The number of carboxylic acids is 1. The summed E-state index contributed by atoms with van der Waals surface area (Å²) in [5.74, 6) is 5.71. The molecule has 4 heteroatoms. The Balaban J connectivity index is 1.78. The number of carboxylic acid groups (broad SMARTS) is 1. The Labute approximate surface area is 125 Å². The molecule has 112 valence electrons. The van der Waals surface area contributed by atoms with Crippen LogP contribution >= 0.6 is 0 Å². The number of carbonyl (C=O) groups excluding carboxylic acids is 1. The highest BCUT2D eigenvalue weighted by Crippen LogP contribution is 2.19. The predicted molar refractivity (Wildman–Crippen MR) is 76.4 cm³/mol. The Hall–Kier alpha value is -1.99. The molecule has 1 unspecified atom stereocenters. The number of rotatable bonds is 5. The van der Waals surface area contributed by atoms with Crippen molar-refractivity contribution in [2.45, 2.75) is 44.8 Å². The highest BCUT2D eigenvalue weighted by Gasteiger charge is 2.14. The second-order valence-electron chi connectivity index (χ2n) is 4.97. The van der Waals surface area contributed by atoms with Gasteiger partial charge in [-0.2, -0.15) is 0 Å². The van der Waals surface area contributed by atoms with Gasteiger partial charge in [0, 0.05) is 24.4 Å². The molecule has 0 saturated carbocycles. The van der Waals surface area contributed by atoms with Gasteiger partial charge in [0.1, 0.15) is 5.75 Å². The molecule has 0 amide bonds. The molecule has 0 bridgehead atoms. The average Bonchev–Trinajstić information content (AvgIpc) is 2.49. The normalized spacial score (nSPS) is 17.6. The molecule has 0 spiro atoms. The summed E-state index contributed by atoms with van der Waals surface area (Å²) in [6.07, 6.45) is 4.17. The Morgan fingerprint density at radius 2 is 2.14 bits per heavy atom. The van der Waals surface area contributed by atoms with Crippen LogP contribution in [0.25, 0.3) is 0 Å². The summed E-state index contributed by atoms with van der Waals surface area (Å²) in [6.45, 7) is 0.764. The Kier molecular flexibility index (Phi) is 6.11. The number of hydrogen-bond donors (Lipinski definition) is 0. The third-order valence-corrected chi connectivity index (χ3v) is 3.18. The van der Waals surface area contributed by atoms with Crippen LogP contribution in [0, 0.1) is 11.8 Å². The van der Waals surface area contributed by atoms with Gasteiger partial charge in [0.05, 0.1) is 6.61 Å². The van der Waals surface area contributed by atoms with Gasteiger partial charge in [0.2, 0.25) is 0 Å². The summed E-state index contributed by atoms with van der Waals surface area (Å²) < 4.78 is 11.3. The van der Waals surface area contributed by atoms with E-state index in [9.17, 15) is 9.90 Å². The van der Waals surface area contributed by atoms with Crippen molar-refractivity contribution in [3.63, 3.8) is 0 Å². The Bertz CT molecular complexity index is 504. The molecule has 1 aromatic rings. The maximum atomic E-state index is 10.3. The molecule has 1 aliphatic rings. The number of hydrogen-bond acceptors (Lipinski definition) is 4. The number of ether oxygens (including phenoxy) is 2. The molecule has 0 N–H and O–H groups in total. The second kappa shape index (κ2) is 8.33. The van der Waals surface area contributed by atoms with Crippen LogP contribution in [0.4, 0.5) is 0 Å². The summed E-state index contributed by atoms with van der Waals surface area (Å²) in [6, 6.07) is 7.54. The standard InChI is InChI=1S/C17H20O4/c18-16(19)7-3-1-2-6-14-9-11-15(12-10-14)21-17-8-4-5-13-20-17/h9-12,17H,1,3-5,7-8,13H2,(H,18,19)/p-1. The van der Waals surface area contributed by atoms with Crippen LogP contribution in [-0.4, -0.2) is 18.9 Å². The van der Waals surface area contributed by atoms with E-state index in [1.165, 1.54) is 0 Å².